The Morgan fingerprint density at radius 1 is 1.82 bits per heavy atom. The van der Waals surface area contributed by atoms with E-state index in [9.17, 15) is 4.79 Å². The van der Waals surface area contributed by atoms with Gasteiger partial charge in [-0.15, -0.1) is 0 Å². The average molecular weight is 158 g/mol. The summed E-state index contributed by atoms with van der Waals surface area (Å²) in [6.07, 6.45) is 2.41. The summed E-state index contributed by atoms with van der Waals surface area (Å²) >= 11 is 0. The van der Waals surface area contributed by atoms with E-state index in [2.05, 4.69) is 5.32 Å². The molecule has 0 aromatic carbocycles. The van der Waals surface area contributed by atoms with Crippen LogP contribution in [-0.4, -0.2) is 22.8 Å². The molecule has 0 aromatic heterocycles. The van der Waals surface area contributed by atoms with Gasteiger partial charge >= 0.3 is 5.97 Å². The summed E-state index contributed by atoms with van der Waals surface area (Å²) in [5, 5.41) is 11.6. The van der Waals surface area contributed by atoms with Gasteiger partial charge in [-0.25, -0.2) is 4.79 Å². The lowest BCUT2D eigenvalue weighted by atomic mass is 9.95. The molecule has 64 valence electrons. The van der Waals surface area contributed by atoms with E-state index in [0.29, 0.717) is 6.42 Å². The highest BCUT2D eigenvalue weighted by molar-refractivity contribution is 5.78. The summed E-state index contributed by atoms with van der Waals surface area (Å²) in [7, 11) is 0. The van der Waals surface area contributed by atoms with Crippen molar-refractivity contribution in [1.82, 2.24) is 5.32 Å². The number of carbonyl (C=O) groups is 1. The summed E-state index contributed by atoms with van der Waals surface area (Å²) in [5.74, 6) is -0.955. The number of carboxylic acids is 1. The van der Waals surface area contributed by atoms with Crippen LogP contribution in [0.15, 0.2) is 0 Å². The maximum atomic E-state index is 10.6. The standard InChI is InChI=1S/C7H14N2O2/c1-5-3-2-4-7(8,9-5)6(10)11/h5,9H,2-4,8H2,1H3,(H,10,11)/t5-,7+/m0/s1. The van der Waals surface area contributed by atoms with E-state index in [4.69, 9.17) is 10.8 Å². The molecule has 1 rings (SSSR count). The minimum absolute atomic E-state index is 0.213. The van der Waals surface area contributed by atoms with Gasteiger partial charge < -0.3 is 10.8 Å². The Kier molecular flexibility index (Phi) is 2.15. The average Bonchev–Trinajstić information content (AvgIpc) is 1.86. The first-order chi connectivity index (χ1) is 5.04. The first kappa shape index (κ1) is 8.49. The second-order valence-electron chi connectivity index (χ2n) is 3.21. The molecule has 4 N–H and O–H groups in total. The van der Waals surface area contributed by atoms with E-state index < -0.39 is 11.6 Å². The van der Waals surface area contributed by atoms with Crippen molar-refractivity contribution in [3.63, 3.8) is 0 Å². The van der Waals surface area contributed by atoms with Gasteiger partial charge in [-0.05, 0) is 26.2 Å². The highest BCUT2D eigenvalue weighted by atomic mass is 16.4. The van der Waals surface area contributed by atoms with Crippen LogP contribution in [0.25, 0.3) is 0 Å². The fourth-order valence-electron chi connectivity index (χ4n) is 1.44. The molecule has 11 heavy (non-hydrogen) atoms. The van der Waals surface area contributed by atoms with Crippen molar-refractivity contribution < 1.29 is 9.90 Å². The largest absolute Gasteiger partial charge is 0.479 e. The predicted octanol–water partition coefficient (Wildman–Crippen LogP) is -0.112. The molecule has 0 aromatic rings. The van der Waals surface area contributed by atoms with Crippen molar-refractivity contribution in [3.8, 4) is 0 Å². The predicted molar refractivity (Wildman–Crippen MR) is 41.0 cm³/mol. The third-order valence-electron chi connectivity index (χ3n) is 2.09. The molecular weight excluding hydrogens is 144 g/mol. The highest BCUT2D eigenvalue weighted by Crippen LogP contribution is 2.17. The number of nitrogens with one attached hydrogen (secondary N) is 1. The first-order valence-corrected chi connectivity index (χ1v) is 3.84. The van der Waals surface area contributed by atoms with Gasteiger partial charge in [0.1, 0.15) is 0 Å². The van der Waals surface area contributed by atoms with Gasteiger partial charge in [0.05, 0.1) is 0 Å². The molecule has 4 nitrogen and oxygen atoms in total. The van der Waals surface area contributed by atoms with E-state index in [0.717, 1.165) is 12.8 Å². The molecule has 0 aliphatic carbocycles. The topological polar surface area (TPSA) is 75.4 Å². The second kappa shape index (κ2) is 2.79. The smallest absolute Gasteiger partial charge is 0.338 e. The Morgan fingerprint density at radius 3 is 2.82 bits per heavy atom. The Hall–Kier alpha value is -0.610. The van der Waals surface area contributed by atoms with Gasteiger partial charge in [0.2, 0.25) is 0 Å². The van der Waals surface area contributed by atoms with Crippen LogP contribution in [0.2, 0.25) is 0 Å². The highest BCUT2D eigenvalue weighted by Gasteiger charge is 2.37. The fraction of sp³-hybridized carbons (Fsp3) is 0.857. The summed E-state index contributed by atoms with van der Waals surface area (Å²) in [6, 6.07) is 0.213. The zero-order valence-electron chi connectivity index (χ0n) is 6.63. The van der Waals surface area contributed by atoms with Crippen molar-refractivity contribution in [2.75, 3.05) is 0 Å². The zero-order valence-corrected chi connectivity index (χ0v) is 6.63. The Labute approximate surface area is 65.8 Å². The van der Waals surface area contributed by atoms with Crippen LogP contribution in [-0.2, 0) is 4.79 Å². The summed E-state index contributed by atoms with van der Waals surface area (Å²) in [6.45, 7) is 1.95. The number of hydrogen-bond donors (Lipinski definition) is 3. The van der Waals surface area contributed by atoms with Crippen LogP contribution >= 0.6 is 0 Å². The fourth-order valence-corrected chi connectivity index (χ4v) is 1.44. The molecule has 1 saturated heterocycles. The molecule has 0 radical (unpaired) electrons. The molecule has 2 atom stereocenters. The van der Waals surface area contributed by atoms with Crippen LogP contribution in [0.1, 0.15) is 26.2 Å². The lowest BCUT2D eigenvalue weighted by Crippen LogP contribution is -2.64. The molecular formula is C7H14N2O2. The van der Waals surface area contributed by atoms with Gasteiger partial charge in [0.25, 0.3) is 0 Å². The molecule has 0 bridgehead atoms. The van der Waals surface area contributed by atoms with E-state index in [-0.39, 0.29) is 6.04 Å². The van der Waals surface area contributed by atoms with Crippen LogP contribution in [0.5, 0.6) is 0 Å². The third-order valence-corrected chi connectivity index (χ3v) is 2.09. The van der Waals surface area contributed by atoms with Crippen molar-refractivity contribution in [2.24, 2.45) is 5.73 Å². The van der Waals surface area contributed by atoms with E-state index in [1.54, 1.807) is 0 Å². The molecule has 1 heterocycles. The van der Waals surface area contributed by atoms with Crippen molar-refractivity contribution in [3.05, 3.63) is 0 Å². The van der Waals surface area contributed by atoms with E-state index >= 15 is 0 Å². The Morgan fingerprint density at radius 2 is 2.45 bits per heavy atom. The van der Waals surface area contributed by atoms with Crippen LogP contribution in [0, 0.1) is 0 Å². The number of rotatable bonds is 1. The summed E-state index contributed by atoms with van der Waals surface area (Å²) in [4.78, 5) is 10.6. The van der Waals surface area contributed by atoms with Crippen LogP contribution < -0.4 is 11.1 Å². The van der Waals surface area contributed by atoms with Gasteiger partial charge in [-0.2, -0.15) is 0 Å². The lowest BCUT2D eigenvalue weighted by molar-refractivity contribution is -0.146. The minimum atomic E-state index is -1.18. The number of carboxylic acid groups (broad SMARTS) is 1. The van der Waals surface area contributed by atoms with Gasteiger partial charge in [0.15, 0.2) is 5.66 Å². The molecule has 1 aliphatic heterocycles. The molecule has 0 amide bonds. The van der Waals surface area contributed by atoms with Crippen LogP contribution in [0.4, 0.5) is 0 Å². The van der Waals surface area contributed by atoms with Gasteiger partial charge in [-0.3, -0.25) is 5.32 Å². The number of aliphatic carboxylic acids is 1. The van der Waals surface area contributed by atoms with Crippen molar-refractivity contribution in [2.45, 2.75) is 37.9 Å². The second-order valence-corrected chi connectivity index (χ2v) is 3.21. The third kappa shape index (κ3) is 1.70. The van der Waals surface area contributed by atoms with Crippen molar-refractivity contribution >= 4 is 5.97 Å². The van der Waals surface area contributed by atoms with Gasteiger partial charge in [-0.1, -0.05) is 0 Å². The van der Waals surface area contributed by atoms with Crippen LogP contribution in [0.3, 0.4) is 0 Å². The van der Waals surface area contributed by atoms with E-state index in [1.165, 1.54) is 0 Å². The summed E-state index contributed by atoms with van der Waals surface area (Å²) < 4.78 is 0. The van der Waals surface area contributed by atoms with E-state index in [1.807, 2.05) is 6.92 Å². The lowest BCUT2D eigenvalue weighted by Gasteiger charge is -2.34. The zero-order chi connectivity index (χ0) is 8.48. The van der Waals surface area contributed by atoms with Crippen molar-refractivity contribution in [1.29, 1.82) is 0 Å². The SMILES string of the molecule is C[C@H]1CCC[C@](N)(C(=O)O)N1. The molecule has 4 heteroatoms. The molecule has 1 aliphatic rings. The minimum Gasteiger partial charge on any atom is -0.479 e. The Bertz CT molecular complexity index is 172. The molecule has 1 fully saturated rings. The number of nitrogens with two attached hydrogens (primary N) is 1. The number of hydrogen-bond acceptors (Lipinski definition) is 3. The Balaban J connectivity index is 2.63. The maximum Gasteiger partial charge on any atom is 0.338 e. The molecule has 0 saturated carbocycles. The quantitative estimate of drug-likeness (QED) is 0.497. The first-order valence-electron chi connectivity index (χ1n) is 3.84. The normalized spacial score (nSPS) is 38.5. The monoisotopic (exact) mass is 158 g/mol. The van der Waals surface area contributed by atoms with Gasteiger partial charge in [0, 0.05) is 6.04 Å². The summed E-state index contributed by atoms with van der Waals surface area (Å²) in [5.41, 5.74) is 4.40. The maximum absolute atomic E-state index is 10.6. The number of piperidine rings is 1. The molecule has 0 spiro atoms. The molecule has 0 unspecified atom stereocenters.